The Morgan fingerprint density at radius 2 is 2.18 bits per heavy atom. The first-order valence-corrected chi connectivity index (χ1v) is 7.31. The normalized spacial score (nSPS) is 13.6. The first-order chi connectivity index (χ1) is 7.83. The molecule has 0 amide bonds. The molecule has 0 aliphatic heterocycles. The van der Waals surface area contributed by atoms with Crippen molar-refractivity contribution in [2.24, 2.45) is 5.73 Å². The van der Waals surface area contributed by atoms with Crippen LogP contribution in [0, 0.1) is 5.82 Å². The summed E-state index contributed by atoms with van der Waals surface area (Å²) >= 11 is 3.08. The number of hydrogen-bond acceptors (Lipinski definition) is 3. The average molecular weight is 325 g/mol. The van der Waals surface area contributed by atoms with Crippen LogP contribution >= 0.6 is 15.9 Å². The lowest BCUT2D eigenvalue weighted by molar-refractivity contribution is 0.568. The largest absolute Gasteiger partial charge is 0.328 e. The fourth-order valence-corrected chi connectivity index (χ4v) is 3.20. The maximum absolute atomic E-state index is 13.0. The number of nitrogens with one attached hydrogen (secondary N) is 1. The third-order valence-electron chi connectivity index (χ3n) is 2.07. The fraction of sp³-hybridized carbons (Fsp3) is 0.400. The molecule has 4 nitrogen and oxygen atoms in total. The van der Waals surface area contributed by atoms with Gasteiger partial charge in [-0.3, -0.25) is 0 Å². The molecule has 0 aliphatic rings. The van der Waals surface area contributed by atoms with E-state index in [0.29, 0.717) is 10.9 Å². The molecule has 0 aliphatic carbocycles. The minimum atomic E-state index is -3.70. The predicted octanol–water partition coefficient (Wildman–Crippen LogP) is 1.60. The van der Waals surface area contributed by atoms with Crippen LogP contribution in [0.2, 0.25) is 0 Å². The second kappa shape index (κ2) is 5.90. The summed E-state index contributed by atoms with van der Waals surface area (Å²) in [4.78, 5) is -0.109. The number of benzene rings is 1. The lowest BCUT2D eigenvalue weighted by Crippen LogP contribution is -2.29. The van der Waals surface area contributed by atoms with E-state index in [2.05, 4.69) is 20.7 Å². The van der Waals surface area contributed by atoms with Gasteiger partial charge < -0.3 is 5.73 Å². The highest BCUT2D eigenvalue weighted by molar-refractivity contribution is 9.10. The standard InChI is InChI=1S/C10H14BrFN2O2S/c1-7(13)4-5-14-17(15,16)10-6-8(12)2-3-9(10)11/h2-3,6-7,14H,4-5,13H2,1H3/t7-/m1/s1. The Kier molecular flexibility index (Phi) is 5.05. The van der Waals surface area contributed by atoms with Crippen LogP contribution in [0.3, 0.4) is 0 Å². The molecule has 3 N–H and O–H groups in total. The van der Waals surface area contributed by atoms with Gasteiger partial charge in [-0.1, -0.05) is 0 Å². The van der Waals surface area contributed by atoms with E-state index in [0.717, 1.165) is 6.07 Å². The molecular weight excluding hydrogens is 311 g/mol. The van der Waals surface area contributed by atoms with E-state index in [4.69, 9.17) is 5.73 Å². The van der Waals surface area contributed by atoms with E-state index in [1.54, 1.807) is 6.92 Å². The molecule has 1 aromatic carbocycles. The lowest BCUT2D eigenvalue weighted by atomic mass is 10.3. The van der Waals surface area contributed by atoms with Gasteiger partial charge in [-0.2, -0.15) is 0 Å². The zero-order chi connectivity index (χ0) is 13.1. The van der Waals surface area contributed by atoms with E-state index in [1.165, 1.54) is 12.1 Å². The van der Waals surface area contributed by atoms with Gasteiger partial charge in [0.25, 0.3) is 0 Å². The fourth-order valence-electron chi connectivity index (χ4n) is 1.18. The van der Waals surface area contributed by atoms with Crippen molar-refractivity contribution in [2.75, 3.05) is 6.54 Å². The molecule has 0 heterocycles. The predicted molar refractivity (Wildman–Crippen MR) is 67.6 cm³/mol. The van der Waals surface area contributed by atoms with Gasteiger partial charge in [-0.25, -0.2) is 17.5 Å². The van der Waals surface area contributed by atoms with Crippen LogP contribution in [-0.2, 0) is 10.0 Å². The molecule has 0 saturated heterocycles. The molecule has 0 spiro atoms. The van der Waals surface area contributed by atoms with E-state index in [1.807, 2.05) is 0 Å². The molecule has 0 fully saturated rings. The van der Waals surface area contributed by atoms with Gasteiger partial charge in [-0.15, -0.1) is 0 Å². The molecule has 1 rings (SSSR count). The van der Waals surface area contributed by atoms with Crippen LogP contribution in [0.1, 0.15) is 13.3 Å². The molecule has 0 bridgehead atoms. The van der Waals surface area contributed by atoms with Crippen LogP contribution < -0.4 is 10.5 Å². The smallest absolute Gasteiger partial charge is 0.241 e. The Hall–Kier alpha value is -0.500. The molecule has 0 saturated carbocycles. The van der Waals surface area contributed by atoms with Crippen molar-refractivity contribution < 1.29 is 12.8 Å². The highest BCUT2D eigenvalue weighted by Gasteiger charge is 2.17. The summed E-state index contributed by atoms with van der Waals surface area (Å²) in [6.45, 7) is 2.01. The van der Waals surface area contributed by atoms with Crippen LogP contribution in [0.5, 0.6) is 0 Å². The zero-order valence-corrected chi connectivity index (χ0v) is 11.7. The van der Waals surface area contributed by atoms with Gasteiger partial charge >= 0.3 is 0 Å². The Morgan fingerprint density at radius 3 is 2.76 bits per heavy atom. The number of nitrogens with two attached hydrogens (primary N) is 1. The highest BCUT2D eigenvalue weighted by atomic mass is 79.9. The van der Waals surface area contributed by atoms with Crippen LogP contribution in [-0.4, -0.2) is 21.0 Å². The Labute approximate surface area is 109 Å². The number of rotatable bonds is 5. The van der Waals surface area contributed by atoms with E-state index < -0.39 is 15.8 Å². The molecule has 7 heteroatoms. The van der Waals surface area contributed by atoms with Gasteiger partial charge in [0.15, 0.2) is 0 Å². The van der Waals surface area contributed by atoms with Crippen LogP contribution in [0.4, 0.5) is 4.39 Å². The second-order valence-electron chi connectivity index (χ2n) is 3.74. The maximum atomic E-state index is 13.0. The summed E-state index contributed by atoms with van der Waals surface area (Å²) in [7, 11) is -3.70. The van der Waals surface area contributed by atoms with Crippen molar-refractivity contribution in [1.29, 1.82) is 0 Å². The average Bonchev–Trinajstić information content (AvgIpc) is 2.20. The summed E-state index contributed by atoms with van der Waals surface area (Å²) in [5.74, 6) is -0.597. The minimum absolute atomic E-state index is 0.0892. The molecule has 0 unspecified atom stereocenters. The molecule has 17 heavy (non-hydrogen) atoms. The summed E-state index contributed by atoms with van der Waals surface area (Å²) in [5.41, 5.74) is 5.51. The Bertz CT molecular complexity index is 491. The monoisotopic (exact) mass is 324 g/mol. The first kappa shape index (κ1) is 14.6. The quantitative estimate of drug-likeness (QED) is 0.864. The van der Waals surface area contributed by atoms with Gasteiger partial charge in [0.05, 0.1) is 4.90 Å². The van der Waals surface area contributed by atoms with E-state index in [9.17, 15) is 12.8 Å². The second-order valence-corrected chi connectivity index (χ2v) is 6.33. The summed E-state index contributed by atoms with van der Waals surface area (Å²) in [6.07, 6.45) is 0.520. The molecule has 0 radical (unpaired) electrons. The van der Waals surface area contributed by atoms with Gasteiger partial charge in [0.1, 0.15) is 5.82 Å². The molecular formula is C10H14BrFN2O2S. The van der Waals surface area contributed by atoms with Gasteiger partial charge in [-0.05, 0) is 47.5 Å². The summed E-state index contributed by atoms with van der Waals surface area (Å²) in [6, 6.07) is 3.42. The summed E-state index contributed by atoms with van der Waals surface area (Å²) < 4.78 is 39.4. The highest BCUT2D eigenvalue weighted by Crippen LogP contribution is 2.22. The number of halogens is 2. The van der Waals surface area contributed by atoms with Crippen molar-refractivity contribution >= 4 is 26.0 Å². The molecule has 1 atom stereocenters. The van der Waals surface area contributed by atoms with Gasteiger partial charge in [0.2, 0.25) is 10.0 Å². The topological polar surface area (TPSA) is 72.2 Å². The SMILES string of the molecule is C[C@@H](N)CCNS(=O)(=O)c1cc(F)ccc1Br. The molecule has 96 valence electrons. The van der Waals surface area contributed by atoms with Crippen molar-refractivity contribution in [2.45, 2.75) is 24.3 Å². The zero-order valence-electron chi connectivity index (χ0n) is 9.28. The van der Waals surface area contributed by atoms with Crippen molar-refractivity contribution in [3.05, 3.63) is 28.5 Å². The third kappa shape index (κ3) is 4.34. The minimum Gasteiger partial charge on any atom is -0.328 e. The number of hydrogen-bond donors (Lipinski definition) is 2. The Morgan fingerprint density at radius 1 is 1.53 bits per heavy atom. The van der Waals surface area contributed by atoms with Crippen LogP contribution in [0.15, 0.2) is 27.6 Å². The van der Waals surface area contributed by atoms with E-state index >= 15 is 0 Å². The molecule has 0 aromatic heterocycles. The van der Waals surface area contributed by atoms with E-state index in [-0.39, 0.29) is 17.5 Å². The summed E-state index contributed by atoms with van der Waals surface area (Å²) in [5, 5.41) is 0. The Balaban J connectivity index is 2.86. The lowest BCUT2D eigenvalue weighted by Gasteiger charge is -2.09. The van der Waals surface area contributed by atoms with Gasteiger partial charge in [0, 0.05) is 17.1 Å². The van der Waals surface area contributed by atoms with Crippen molar-refractivity contribution in [3.8, 4) is 0 Å². The third-order valence-corrected chi connectivity index (χ3v) is 4.53. The van der Waals surface area contributed by atoms with Crippen LogP contribution in [0.25, 0.3) is 0 Å². The molecule has 1 aromatic rings. The van der Waals surface area contributed by atoms with Crippen molar-refractivity contribution in [1.82, 2.24) is 4.72 Å². The van der Waals surface area contributed by atoms with Crippen molar-refractivity contribution in [3.63, 3.8) is 0 Å². The first-order valence-electron chi connectivity index (χ1n) is 5.03. The number of sulfonamides is 1. The maximum Gasteiger partial charge on any atom is 0.241 e.